The summed E-state index contributed by atoms with van der Waals surface area (Å²) in [5.74, 6) is 1.05. The van der Waals surface area contributed by atoms with E-state index in [2.05, 4.69) is 53.4 Å². The topological polar surface area (TPSA) is 40.7 Å². The van der Waals surface area contributed by atoms with E-state index in [0.717, 1.165) is 25.2 Å². The third kappa shape index (κ3) is 3.70. The van der Waals surface area contributed by atoms with Crippen LogP contribution in [0.4, 0.5) is 0 Å². The van der Waals surface area contributed by atoms with Gasteiger partial charge in [0.2, 0.25) is 0 Å². The van der Waals surface area contributed by atoms with Gasteiger partial charge in [-0.1, -0.05) is 36.8 Å². The lowest BCUT2D eigenvalue weighted by Crippen LogP contribution is -2.33. The lowest BCUT2D eigenvalue weighted by molar-refractivity contribution is 0.512. The van der Waals surface area contributed by atoms with Crippen molar-refractivity contribution in [3.8, 4) is 0 Å². The van der Waals surface area contributed by atoms with Gasteiger partial charge in [0.05, 0.1) is 0 Å². The monoisotopic (exact) mass is 243 g/mol. The molecule has 0 radical (unpaired) electrons. The Morgan fingerprint density at radius 1 is 1.22 bits per heavy atom. The molecule has 1 heterocycles. The van der Waals surface area contributed by atoms with Crippen LogP contribution in [0.25, 0.3) is 0 Å². The second kappa shape index (κ2) is 6.36. The molecule has 1 unspecified atom stereocenters. The molecule has 0 spiro atoms. The molecule has 3 nitrogen and oxygen atoms in total. The number of aromatic nitrogens is 2. The fourth-order valence-electron chi connectivity index (χ4n) is 2.16. The van der Waals surface area contributed by atoms with Crippen molar-refractivity contribution < 1.29 is 0 Å². The van der Waals surface area contributed by atoms with Gasteiger partial charge in [0.15, 0.2) is 0 Å². The van der Waals surface area contributed by atoms with Gasteiger partial charge in [0.1, 0.15) is 5.82 Å². The lowest BCUT2D eigenvalue weighted by Gasteiger charge is -2.17. The Bertz CT molecular complexity index is 445. The van der Waals surface area contributed by atoms with Gasteiger partial charge in [0.25, 0.3) is 0 Å². The second-order valence-corrected chi connectivity index (χ2v) is 4.68. The van der Waals surface area contributed by atoms with Crippen LogP contribution < -0.4 is 5.32 Å². The summed E-state index contributed by atoms with van der Waals surface area (Å²) < 4.78 is 0. The number of aryl methyl sites for hydroxylation is 1. The molecular weight excluding hydrogens is 222 g/mol. The summed E-state index contributed by atoms with van der Waals surface area (Å²) in [5, 5.41) is 3.52. The molecule has 0 aliphatic carbocycles. The van der Waals surface area contributed by atoms with Gasteiger partial charge in [-0.2, -0.15) is 0 Å². The van der Waals surface area contributed by atoms with E-state index in [1.165, 1.54) is 11.1 Å². The Morgan fingerprint density at radius 3 is 2.61 bits per heavy atom. The van der Waals surface area contributed by atoms with Crippen molar-refractivity contribution in [2.24, 2.45) is 0 Å². The zero-order valence-corrected chi connectivity index (χ0v) is 11.1. The highest BCUT2D eigenvalue weighted by atomic mass is 14.9. The molecule has 0 saturated heterocycles. The Hall–Kier alpha value is -1.61. The second-order valence-electron chi connectivity index (χ2n) is 4.68. The lowest BCUT2D eigenvalue weighted by atomic mass is 10.0. The molecule has 18 heavy (non-hydrogen) atoms. The van der Waals surface area contributed by atoms with Gasteiger partial charge in [-0.25, -0.2) is 4.98 Å². The third-order valence-electron chi connectivity index (χ3n) is 3.09. The summed E-state index contributed by atoms with van der Waals surface area (Å²) in [6.45, 7) is 5.25. The van der Waals surface area contributed by atoms with Crippen LogP contribution in [0.1, 0.15) is 23.9 Å². The van der Waals surface area contributed by atoms with Crippen LogP contribution in [0.3, 0.4) is 0 Å². The first kappa shape index (κ1) is 12.8. The Kier molecular flexibility index (Phi) is 4.53. The molecular formula is C15H21N3. The van der Waals surface area contributed by atoms with Gasteiger partial charge in [-0.15, -0.1) is 0 Å². The van der Waals surface area contributed by atoms with Gasteiger partial charge in [-0.3, -0.25) is 0 Å². The molecule has 2 N–H and O–H groups in total. The molecule has 1 atom stereocenters. The van der Waals surface area contributed by atoms with E-state index in [0.29, 0.717) is 6.04 Å². The average Bonchev–Trinajstić information content (AvgIpc) is 2.85. The predicted molar refractivity (Wildman–Crippen MR) is 74.6 cm³/mol. The average molecular weight is 243 g/mol. The number of imidazole rings is 1. The molecule has 96 valence electrons. The van der Waals surface area contributed by atoms with Crippen LogP contribution in [0.5, 0.6) is 0 Å². The highest BCUT2D eigenvalue weighted by Gasteiger charge is 2.10. The fraction of sp³-hybridized carbons (Fsp3) is 0.400. The van der Waals surface area contributed by atoms with Gasteiger partial charge < -0.3 is 10.3 Å². The minimum Gasteiger partial charge on any atom is -0.349 e. The maximum absolute atomic E-state index is 4.30. The number of rotatable bonds is 6. The molecule has 1 aromatic heterocycles. The van der Waals surface area contributed by atoms with E-state index in [9.17, 15) is 0 Å². The first-order chi connectivity index (χ1) is 8.78. The predicted octanol–water partition coefficient (Wildman–Crippen LogP) is 2.48. The summed E-state index contributed by atoms with van der Waals surface area (Å²) in [5.41, 5.74) is 2.68. The van der Waals surface area contributed by atoms with Crippen molar-refractivity contribution in [3.63, 3.8) is 0 Å². The molecule has 2 aromatic rings. The van der Waals surface area contributed by atoms with Crippen LogP contribution in [-0.2, 0) is 12.8 Å². The van der Waals surface area contributed by atoms with Gasteiger partial charge >= 0.3 is 0 Å². The Balaban J connectivity index is 1.99. The van der Waals surface area contributed by atoms with E-state index < -0.39 is 0 Å². The quantitative estimate of drug-likeness (QED) is 0.818. The number of likely N-dealkylation sites (N-methyl/N-ethyl adjacent to an activating group) is 1. The zero-order valence-electron chi connectivity index (χ0n) is 11.1. The first-order valence-corrected chi connectivity index (χ1v) is 6.55. The third-order valence-corrected chi connectivity index (χ3v) is 3.09. The summed E-state index contributed by atoms with van der Waals surface area (Å²) in [6.07, 6.45) is 5.66. The summed E-state index contributed by atoms with van der Waals surface area (Å²) in [4.78, 5) is 7.47. The standard InChI is InChI=1S/C15H21N3/c1-3-16-14(11-15-17-8-9-18-15)10-13-6-4-12(2)5-7-13/h4-9,14,16H,3,10-11H2,1-2H3,(H,17,18). The number of H-pyrrole nitrogens is 1. The molecule has 0 aliphatic heterocycles. The molecule has 1 aromatic carbocycles. The number of nitrogens with one attached hydrogen (secondary N) is 2. The van der Waals surface area contributed by atoms with Crippen molar-refractivity contribution in [3.05, 3.63) is 53.6 Å². The van der Waals surface area contributed by atoms with Crippen LogP contribution in [-0.4, -0.2) is 22.6 Å². The van der Waals surface area contributed by atoms with E-state index in [-0.39, 0.29) is 0 Å². The molecule has 0 fully saturated rings. The van der Waals surface area contributed by atoms with Crippen LogP contribution >= 0.6 is 0 Å². The van der Waals surface area contributed by atoms with Crippen LogP contribution in [0, 0.1) is 6.92 Å². The molecule has 0 amide bonds. The summed E-state index contributed by atoms with van der Waals surface area (Å²) >= 11 is 0. The van der Waals surface area contributed by atoms with Crippen molar-refractivity contribution in [1.29, 1.82) is 0 Å². The van der Waals surface area contributed by atoms with Crippen molar-refractivity contribution in [2.45, 2.75) is 32.7 Å². The number of aromatic amines is 1. The molecule has 2 rings (SSSR count). The van der Waals surface area contributed by atoms with Gasteiger partial charge in [0, 0.05) is 24.9 Å². The highest BCUT2D eigenvalue weighted by molar-refractivity contribution is 5.22. The maximum Gasteiger partial charge on any atom is 0.107 e. The smallest absolute Gasteiger partial charge is 0.107 e. The number of benzene rings is 1. The zero-order chi connectivity index (χ0) is 12.8. The van der Waals surface area contributed by atoms with Gasteiger partial charge in [-0.05, 0) is 25.5 Å². The number of nitrogens with zero attached hydrogens (tertiary/aromatic N) is 1. The fourth-order valence-corrected chi connectivity index (χ4v) is 2.16. The minimum atomic E-state index is 0.434. The van der Waals surface area contributed by atoms with E-state index >= 15 is 0 Å². The van der Waals surface area contributed by atoms with Crippen molar-refractivity contribution in [1.82, 2.24) is 15.3 Å². The van der Waals surface area contributed by atoms with E-state index in [4.69, 9.17) is 0 Å². The Labute approximate surface area is 109 Å². The van der Waals surface area contributed by atoms with Crippen molar-refractivity contribution in [2.75, 3.05) is 6.54 Å². The number of hydrogen-bond acceptors (Lipinski definition) is 2. The first-order valence-electron chi connectivity index (χ1n) is 6.55. The molecule has 0 aliphatic rings. The van der Waals surface area contributed by atoms with Crippen molar-refractivity contribution >= 4 is 0 Å². The molecule has 0 bridgehead atoms. The maximum atomic E-state index is 4.30. The SMILES string of the molecule is CCNC(Cc1ccc(C)cc1)Cc1ncc[nH]1. The molecule has 3 heteroatoms. The van der Waals surface area contributed by atoms with Crippen LogP contribution in [0.15, 0.2) is 36.7 Å². The number of hydrogen-bond donors (Lipinski definition) is 2. The normalized spacial score (nSPS) is 12.6. The van der Waals surface area contributed by atoms with E-state index in [1.54, 1.807) is 0 Å². The van der Waals surface area contributed by atoms with Crippen LogP contribution in [0.2, 0.25) is 0 Å². The summed E-state index contributed by atoms with van der Waals surface area (Å²) in [7, 11) is 0. The molecule has 0 saturated carbocycles. The highest BCUT2D eigenvalue weighted by Crippen LogP contribution is 2.08. The minimum absolute atomic E-state index is 0.434. The van der Waals surface area contributed by atoms with E-state index in [1.807, 2.05) is 12.4 Å². The summed E-state index contributed by atoms with van der Waals surface area (Å²) in [6, 6.07) is 9.20. The largest absolute Gasteiger partial charge is 0.349 e. The Morgan fingerprint density at radius 2 is 2.00 bits per heavy atom.